The molecule has 0 radical (unpaired) electrons. The molecule has 0 amide bonds. The Labute approximate surface area is 157 Å². The third-order valence-corrected chi connectivity index (χ3v) is 5.60. The monoisotopic (exact) mass is 398 g/mol. The molecule has 1 unspecified atom stereocenters. The molecule has 1 saturated heterocycles. The fourth-order valence-electron chi connectivity index (χ4n) is 3.63. The zero-order valence-electron chi connectivity index (χ0n) is 14.5. The number of aryl methyl sites for hydroxylation is 1. The van der Waals surface area contributed by atoms with E-state index in [1.165, 1.54) is 17.6 Å². The molecule has 1 fully saturated rings. The smallest absolute Gasteiger partial charge is 0.123 e. The second-order valence-electron chi connectivity index (χ2n) is 6.78. The lowest BCUT2D eigenvalue weighted by atomic mass is 10.1. The van der Waals surface area contributed by atoms with Crippen LogP contribution in [-0.4, -0.2) is 29.2 Å². The Balaban J connectivity index is 1.31. The van der Waals surface area contributed by atoms with Gasteiger partial charge in [0.15, 0.2) is 0 Å². The first-order chi connectivity index (χ1) is 12.2. The summed E-state index contributed by atoms with van der Waals surface area (Å²) in [5, 5.41) is 3.61. The van der Waals surface area contributed by atoms with E-state index in [0.29, 0.717) is 5.92 Å². The lowest BCUT2D eigenvalue weighted by Gasteiger charge is -2.19. The van der Waals surface area contributed by atoms with E-state index >= 15 is 0 Å². The van der Waals surface area contributed by atoms with Crippen molar-refractivity contribution in [1.29, 1.82) is 0 Å². The van der Waals surface area contributed by atoms with Crippen molar-refractivity contribution in [1.82, 2.24) is 14.9 Å². The van der Waals surface area contributed by atoms with Crippen molar-refractivity contribution in [2.24, 2.45) is 13.0 Å². The number of fused-ring (bicyclic) bond motifs is 1. The summed E-state index contributed by atoms with van der Waals surface area (Å²) in [5.41, 5.74) is 3.59. The van der Waals surface area contributed by atoms with Gasteiger partial charge in [-0.3, -0.25) is 0 Å². The summed E-state index contributed by atoms with van der Waals surface area (Å²) in [4.78, 5) is 7.21. The Hall–Kier alpha value is -1.85. The van der Waals surface area contributed by atoms with Gasteiger partial charge in [-0.1, -0.05) is 28.1 Å². The van der Waals surface area contributed by atoms with Gasteiger partial charge >= 0.3 is 0 Å². The molecule has 4 rings (SSSR count). The minimum absolute atomic E-state index is 0.693. The highest BCUT2D eigenvalue weighted by molar-refractivity contribution is 9.10. The van der Waals surface area contributed by atoms with Crippen LogP contribution in [0.2, 0.25) is 0 Å². The quantitative estimate of drug-likeness (QED) is 0.705. The average molecular weight is 399 g/mol. The molecule has 130 valence electrons. The maximum absolute atomic E-state index is 4.73. The highest BCUT2D eigenvalue weighted by Gasteiger charge is 2.22. The molecule has 1 aromatic heterocycles. The van der Waals surface area contributed by atoms with Crippen LogP contribution in [0.3, 0.4) is 0 Å². The number of aromatic nitrogens is 2. The Morgan fingerprint density at radius 3 is 2.76 bits per heavy atom. The number of imidazole rings is 1. The van der Waals surface area contributed by atoms with Crippen LogP contribution in [0.25, 0.3) is 11.0 Å². The van der Waals surface area contributed by atoms with Gasteiger partial charge in [0.1, 0.15) is 5.82 Å². The van der Waals surface area contributed by atoms with E-state index in [9.17, 15) is 0 Å². The van der Waals surface area contributed by atoms with Crippen molar-refractivity contribution in [3.05, 3.63) is 58.8 Å². The second-order valence-corrected chi connectivity index (χ2v) is 7.70. The van der Waals surface area contributed by atoms with Crippen molar-refractivity contribution < 1.29 is 0 Å². The van der Waals surface area contributed by atoms with E-state index in [1.807, 2.05) is 6.07 Å². The van der Waals surface area contributed by atoms with Gasteiger partial charge in [-0.25, -0.2) is 4.98 Å². The predicted molar refractivity (Wildman–Crippen MR) is 107 cm³/mol. The number of nitrogens with one attached hydrogen (secondary N) is 1. The van der Waals surface area contributed by atoms with E-state index < -0.39 is 0 Å². The van der Waals surface area contributed by atoms with Gasteiger partial charge in [-0.2, -0.15) is 0 Å². The molecule has 2 heterocycles. The van der Waals surface area contributed by atoms with Crippen molar-refractivity contribution in [3.63, 3.8) is 0 Å². The Morgan fingerprint density at radius 1 is 1.16 bits per heavy atom. The normalized spacial score (nSPS) is 17.5. The standard InChI is InChI=1S/C20H23BrN4/c1-24-19-5-3-2-4-18(19)23-20(24)13-22-12-15-10-11-25(14-15)17-8-6-16(21)7-9-17/h2-9,15,22H,10-14H2,1H3. The Bertz CT molecular complexity index is 856. The highest BCUT2D eigenvalue weighted by Crippen LogP contribution is 2.25. The molecule has 0 spiro atoms. The highest BCUT2D eigenvalue weighted by atomic mass is 79.9. The molecule has 2 aromatic carbocycles. The third-order valence-electron chi connectivity index (χ3n) is 5.07. The zero-order chi connectivity index (χ0) is 17.2. The molecule has 1 atom stereocenters. The van der Waals surface area contributed by atoms with Crippen LogP contribution in [0.5, 0.6) is 0 Å². The topological polar surface area (TPSA) is 33.1 Å². The molecule has 0 saturated carbocycles. The van der Waals surface area contributed by atoms with Crippen LogP contribution in [0.15, 0.2) is 53.0 Å². The molecular weight excluding hydrogens is 376 g/mol. The number of halogens is 1. The predicted octanol–water partition coefficient (Wildman–Crippen LogP) is 3.95. The van der Waals surface area contributed by atoms with Crippen LogP contribution in [0, 0.1) is 5.92 Å². The Kier molecular flexibility index (Phi) is 4.77. The summed E-state index contributed by atoms with van der Waals surface area (Å²) in [6.07, 6.45) is 1.24. The number of nitrogens with zero attached hydrogens (tertiary/aromatic N) is 3. The molecule has 0 bridgehead atoms. The van der Waals surface area contributed by atoms with Gasteiger partial charge in [0, 0.05) is 36.8 Å². The van der Waals surface area contributed by atoms with Gasteiger partial charge < -0.3 is 14.8 Å². The van der Waals surface area contributed by atoms with Crippen LogP contribution < -0.4 is 10.2 Å². The van der Waals surface area contributed by atoms with E-state index in [-0.39, 0.29) is 0 Å². The maximum Gasteiger partial charge on any atom is 0.123 e. The number of hydrogen-bond donors (Lipinski definition) is 1. The molecule has 1 aliphatic heterocycles. The molecule has 3 aromatic rings. The van der Waals surface area contributed by atoms with Crippen molar-refractivity contribution >= 4 is 32.7 Å². The average Bonchev–Trinajstić information content (AvgIpc) is 3.22. The summed E-state index contributed by atoms with van der Waals surface area (Å²) in [6.45, 7) is 4.12. The lowest BCUT2D eigenvalue weighted by Crippen LogP contribution is -2.26. The minimum atomic E-state index is 0.693. The lowest BCUT2D eigenvalue weighted by molar-refractivity contribution is 0.506. The van der Waals surface area contributed by atoms with Crippen LogP contribution >= 0.6 is 15.9 Å². The fourth-order valence-corrected chi connectivity index (χ4v) is 3.89. The van der Waals surface area contributed by atoms with Gasteiger partial charge in [0.25, 0.3) is 0 Å². The molecule has 25 heavy (non-hydrogen) atoms. The number of para-hydroxylation sites is 2. The maximum atomic E-state index is 4.73. The first kappa shape index (κ1) is 16.6. The van der Waals surface area contributed by atoms with Crippen LogP contribution in [0.4, 0.5) is 5.69 Å². The van der Waals surface area contributed by atoms with Crippen LogP contribution in [-0.2, 0) is 13.6 Å². The zero-order valence-corrected chi connectivity index (χ0v) is 16.0. The minimum Gasteiger partial charge on any atom is -0.371 e. The molecule has 1 aliphatic rings. The Morgan fingerprint density at radius 2 is 1.96 bits per heavy atom. The molecule has 1 N–H and O–H groups in total. The first-order valence-electron chi connectivity index (χ1n) is 8.82. The van der Waals surface area contributed by atoms with Crippen molar-refractivity contribution in [3.8, 4) is 0 Å². The number of benzene rings is 2. The van der Waals surface area contributed by atoms with Gasteiger partial charge in [0.2, 0.25) is 0 Å². The third kappa shape index (κ3) is 3.58. The van der Waals surface area contributed by atoms with E-state index in [2.05, 4.69) is 80.2 Å². The summed E-state index contributed by atoms with van der Waals surface area (Å²) >= 11 is 3.50. The fraction of sp³-hybridized carbons (Fsp3) is 0.350. The second kappa shape index (κ2) is 7.18. The van der Waals surface area contributed by atoms with Gasteiger partial charge in [0.05, 0.1) is 17.6 Å². The van der Waals surface area contributed by atoms with Crippen molar-refractivity contribution in [2.75, 3.05) is 24.5 Å². The molecule has 4 nitrogen and oxygen atoms in total. The summed E-state index contributed by atoms with van der Waals surface area (Å²) in [7, 11) is 2.09. The number of rotatable bonds is 5. The van der Waals surface area contributed by atoms with Gasteiger partial charge in [-0.15, -0.1) is 0 Å². The summed E-state index contributed by atoms with van der Waals surface area (Å²) in [6, 6.07) is 16.9. The van der Waals surface area contributed by atoms with E-state index in [4.69, 9.17) is 4.98 Å². The van der Waals surface area contributed by atoms with E-state index in [0.717, 1.165) is 42.0 Å². The van der Waals surface area contributed by atoms with Crippen LogP contribution in [0.1, 0.15) is 12.2 Å². The van der Waals surface area contributed by atoms with E-state index in [1.54, 1.807) is 0 Å². The number of anilines is 1. The number of hydrogen-bond acceptors (Lipinski definition) is 3. The molecular formula is C20H23BrN4. The van der Waals surface area contributed by atoms with Crippen molar-refractivity contribution in [2.45, 2.75) is 13.0 Å². The largest absolute Gasteiger partial charge is 0.371 e. The SMILES string of the molecule is Cn1c(CNCC2CCN(c3ccc(Br)cc3)C2)nc2ccccc21. The molecule has 0 aliphatic carbocycles. The first-order valence-corrected chi connectivity index (χ1v) is 9.61. The summed E-state index contributed by atoms with van der Waals surface area (Å²) in [5.74, 6) is 1.79. The molecule has 5 heteroatoms. The van der Waals surface area contributed by atoms with Gasteiger partial charge in [-0.05, 0) is 48.7 Å². The summed E-state index contributed by atoms with van der Waals surface area (Å²) < 4.78 is 3.32.